The maximum absolute atomic E-state index is 11.4. The number of nitrogens with one attached hydrogen (secondary N) is 1. The predicted molar refractivity (Wildman–Crippen MR) is 90.7 cm³/mol. The molecule has 0 aliphatic heterocycles. The van der Waals surface area contributed by atoms with E-state index in [9.17, 15) is 14.9 Å². The number of hydrazone groups is 1. The van der Waals surface area contributed by atoms with Crippen molar-refractivity contribution < 1.29 is 19.2 Å². The van der Waals surface area contributed by atoms with Crippen LogP contribution in [0.5, 0.6) is 5.75 Å². The molecular formula is C16H16N4O5. The van der Waals surface area contributed by atoms with E-state index in [1.165, 1.54) is 24.5 Å². The second-order valence-corrected chi connectivity index (χ2v) is 4.63. The van der Waals surface area contributed by atoms with Gasteiger partial charge in [0.25, 0.3) is 0 Å². The van der Waals surface area contributed by atoms with Gasteiger partial charge in [0.2, 0.25) is 5.82 Å². The van der Waals surface area contributed by atoms with Crippen LogP contribution in [-0.4, -0.2) is 35.3 Å². The van der Waals surface area contributed by atoms with Gasteiger partial charge in [-0.25, -0.2) is 9.78 Å². The van der Waals surface area contributed by atoms with Gasteiger partial charge in [0.05, 0.1) is 17.7 Å². The van der Waals surface area contributed by atoms with Crippen molar-refractivity contribution in [3.05, 3.63) is 58.3 Å². The standard InChI is InChI=1S/C16H16N4O5/c1-2-24-15(21)11-25-14-8-4-3-6-12(14)10-18-19-16-13(20(22)23)7-5-9-17-16/h3-10H,2,11H2,1H3,(H,17,19)/b18-10-. The second-order valence-electron chi connectivity index (χ2n) is 4.63. The van der Waals surface area contributed by atoms with E-state index in [0.29, 0.717) is 11.3 Å². The lowest BCUT2D eigenvalue weighted by Crippen LogP contribution is -2.15. The first kappa shape index (κ1) is 17.9. The van der Waals surface area contributed by atoms with Crippen molar-refractivity contribution in [3.63, 3.8) is 0 Å². The zero-order valence-electron chi connectivity index (χ0n) is 13.4. The maximum atomic E-state index is 11.4. The quantitative estimate of drug-likeness (QED) is 0.338. The monoisotopic (exact) mass is 344 g/mol. The minimum Gasteiger partial charge on any atom is -0.481 e. The summed E-state index contributed by atoms with van der Waals surface area (Å²) in [6, 6.07) is 9.69. The Morgan fingerprint density at radius 1 is 1.36 bits per heavy atom. The number of hydrogen-bond acceptors (Lipinski definition) is 8. The van der Waals surface area contributed by atoms with Crippen molar-refractivity contribution in [3.8, 4) is 5.75 Å². The van der Waals surface area contributed by atoms with Crippen molar-refractivity contribution in [1.29, 1.82) is 0 Å². The smallest absolute Gasteiger partial charge is 0.344 e. The highest BCUT2D eigenvalue weighted by Gasteiger charge is 2.13. The fourth-order valence-corrected chi connectivity index (χ4v) is 1.85. The minimum atomic E-state index is -0.554. The lowest BCUT2D eigenvalue weighted by molar-refractivity contribution is -0.384. The van der Waals surface area contributed by atoms with Crippen LogP contribution in [0.1, 0.15) is 12.5 Å². The number of aromatic nitrogens is 1. The average Bonchev–Trinajstić information content (AvgIpc) is 2.61. The van der Waals surface area contributed by atoms with Crippen molar-refractivity contribution in [1.82, 2.24) is 4.98 Å². The Kier molecular flexibility index (Phi) is 6.40. The van der Waals surface area contributed by atoms with Crippen LogP contribution < -0.4 is 10.2 Å². The van der Waals surface area contributed by atoms with Gasteiger partial charge in [0.1, 0.15) is 5.75 Å². The molecule has 0 saturated carbocycles. The molecule has 0 saturated heterocycles. The molecule has 1 aromatic carbocycles. The molecule has 0 atom stereocenters. The number of ether oxygens (including phenoxy) is 2. The van der Waals surface area contributed by atoms with E-state index in [1.54, 1.807) is 31.2 Å². The molecule has 0 amide bonds. The molecule has 0 aliphatic rings. The Morgan fingerprint density at radius 3 is 2.92 bits per heavy atom. The molecule has 9 nitrogen and oxygen atoms in total. The Bertz CT molecular complexity index is 779. The van der Waals surface area contributed by atoms with Gasteiger partial charge in [-0.1, -0.05) is 12.1 Å². The molecule has 25 heavy (non-hydrogen) atoms. The number of anilines is 1. The lowest BCUT2D eigenvalue weighted by atomic mass is 10.2. The highest BCUT2D eigenvalue weighted by molar-refractivity contribution is 5.84. The van der Waals surface area contributed by atoms with Gasteiger partial charge in [0, 0.05) is 17.8 Å². The lowest BCUT2D eigenvalue weighted by Gasteiger charge is -2.08. The fourth-order valence-electron chi connectivity index (χ4n) is 1.85. The summed E-state index contributed by atoms with van der Waals surface area (Å²) in [6.07, 6.45) is 2.83. The third-order valence-corrected chi connectivity index (χ3v) is 2.93. The molecule has 1 N–H and O–H groups in total. The molecule has 2 rings (SSSR count). The number of hydrogen-bond donors (Lipinski definition) is 1. The summed E-state index contributed by atoms with van der Waals surface area (Å²) in [5.41, 5.74) is 2.92. The summed E-state index contributed by atoms with van der Waals surface area (Å²) in [5.74, 6) is -0.0261. The van der Waals surface area contributed by atoms with Crippen LogP contribution in [0.3, 0.4) is 0 Å². The maximum Gasteiger partial charge on any atom is 0.344 e. The normalized spacial score (nSPS) is 10.4. The zero-order valence-corrected chi connectivity index (χ0v) is 13.4. The molecule has 0 spiro atoms. The van der Waals surface area contributed by atoms with E-state index in [-0.39, 0.29) is 24.7 Å². The van der Waals surface area contributed by atoms with E-state index < -0.39 is 10.9 Å². The summed E-state index contributed by atoms with van der Waals surface area (Å²) >= 11 is 0. The van der Waals surface area contributed by atoms with Crippen LogP contribution in [0.2, 0.25) is 0 Å². The van der Waals surface area contributed by atoms with E-state index in [2.05, 4.69) is 15.5 Å². The molecule has 0 bridgehead atoms. The van der Waals surface area contributed by atoms with Gasteiger partial charge in [0.15, 0.2) is 6.61 Å². The highest BCUT2D eigenvalue weighted by Crippen LogP contribution is 2.20. The van der Waals surface area contributed by atoms with Gasteiger partial charge in [-0.2, -0.15) is 5.10 Å². The van der Waals surface area contributed by atoms with E-state index in [0.717, 1.165) is 0 Å². The number of rotatable bonds is 8. The number of carbonyl (C=O) groups excluding carboxylic acids is 1. The molecule has 130 valence electrons. The summed E-state index contributed by atoms with van der Waals surface area (Å²) < 4.78 is 10.2. The van der Waals surface area contributed by atoms with Crippen LogP contribution in [0.25, 0.3) is 0 Å². The molecule has 2 aromatic rings. The van der Waals surface area contributed by atoms with Crippen molar-refractivity contribution in [2.45, 2.75) is 6.92 Å². The summed E-state index contributed by atoms with van der Waals surface area (Å²) in [4.78, 5) is 25.6. The largest absolute Gasteiger partial charge is 0.481 e. The van der Waals surface area contributed by atoms with Gasteiger partial charge >= 0.3 is 11.7 Å². The summed E-state index contributed by atoms with van der Waals surface area (Å²) in [6.45, 7) is 1.76. The first-order chi connectivity index (χ1) is 12.1. The number of benzene rings is 1. The van der Waals surface area contributed by atoms with Crippen LogP contribution in [0, 0.1) is 10.1 Å². The molecule has 9 heteroatoms. The van der Waals surface area contributed by atoms with Crippen LogP contribution in [0.4, 0.5) is 11.5 Å². The fraction of sp³-hybridized carbons (Fsp3) is 0.188. The Hall–Kier alpha value is -3.49. The molecule has 1 heterocycles. The average molecular weight is 344 g/mol. The Morgan fingerprint density at radius 2 is 2.16 bits per heavy atom. The van der Waals surface area contributed by atoms with Gasteiger partial charge in [-0.05, 0) is 25.1 Å². The SMILES string of the molecule is CCOC(=O)COc1ccccc1/C=N\Nc1ncccc1[N+](=O)[O-]. The third kappa shape index (κ3) is 5.27. The Balaban J connectivity index is 2.06. The first-order valence-electron chi connectivity index (χ1n) is 7.37. The zero-order chi connectivity index (χ0) is 18.1. The van der Waals surface area contributed by atoms with Crippen molar-refractivity contribution in [2.24, 2.45) is 5.10 Å². The highest BCUT2D eigenvalue weighted by atomic mass is 16.6. The summed E-state index contributed by atoms with van der Waals surface area (Å²) in [7, 11) is 0. The number of nitro groups is 1. The van der Waals surface area contributed by atoms with E-state index in [1.807, 2.05) is 0 Å². The third-order valence-electron chi connectivity index (χ3n) is 2.93. The van der Waals surface area contributed by atoms with Crippen molar-refractivity contribution in [2.75, 3.05) is 18.6 Å². The topological polar surface area (TPSA) is 116 Å². The Labute approximate surface area is 143 Å². The molecular weight excluding hydrogens is 328 g/mol. The number of para-hydroxylation sites is 1. The molecule has 0 fully saturated rings. The molecule has 0 radical (unpaired) electrons. The van der Waals surface area contributed by atoms with Crippen LogP contribution >= 0.6 is 0 Å². The van der Waals surface area contributed by atoms with Gasteiger partial charge in [-0.3, -0.25) is 15.5 Å². The van der Waals surface area contributed by atoms with Crippen LogP contribution in [0.15, 0.2) is 47.7 Å². The number of carbonyl (C=O) groups is 1. The van der Waals surface area contributed by atoms with Crippen molar-refractivity contribution >= 4 is 23.7 Å². The van der Waals surface area contributed by atoms with E-state index in [4.69, 9.17) is 9.47 Å². The number of nitrogens with zero attached hydrogens (tertiary/aromatic N) is 3. The molecule has 1 aromatic heterocycles. The van der Waals surface area contributed by atoms with Gasteiger partial charge in [-0.15, -0.1) is 0 Å². The number of pyridine rings is 1. The van der Waals surface area contributed by atoms with E-state index >= 15 is 0 Å². The van der Waals surface area contributed by atoms with Gasteiger partial charge < -0.3 is 9.47 Å². The molecule has 0 unspecified atom stereocenters. The number of esters is 1. The second kappa shape index (κ2) is 8.96. The minimum absolute atomic E-state index is 0.0219. The predicted octanol–water partition coefficient (Wildman–Crippen LogP) is 2.38. The molecule has 0 aliphatic carbocycles. The van der Waals surface area contributed by atoms with Crippen LogP contribution in [-0.2, 0) is 9.53 Å². The summed E-state index contributed by atoms with van der Waals surface area (Å²) in [5, 5.41) is 14.9. The first-order valence-corrected chi connectivity index (χ1v) is 7.37.